The normalized spacial score (nSPS) is 12.7. The number of nitrogens with zero attached hydrogens (tertiary/aromatic N) is 1. The topological polar surface area (TPSA) is 82.6 Å². The summed E-state index contributed by atoms with van der Waals surface area (Å²) in [5.41, 5.74) is 1.55. The van der Waals surface area contributed by atoms with E-state index in [4.69, 9.17) is 0 Å². The highest BCUT2D eigenvalue weighted by Crippen LogP contribution is 2.17. The van der Waals surface area contributed by atoms with Gasteiger partial charge in [0, 0.05) is 25.7 Å². The zero-order chi connectivity index (χ0) is 21.7. The van der Waals surface area contributed by atoms with E-state index in [0.29, 0.717) is 23.6 Å². The molecule has 6 nitrogen and oxygen atoms in total. The third-order valence-corrected chi connectivity index (χ3v) is 5.91. The van der Waals surface area contributed by atoms with Crippen molar-refractivity contribution in [3.63, 3.8) is 0 Å². The lowest BCUT2D eigenvalue weighted by molar-refractivity contribution is 0.491. The van der Waals surface area contributed by atoms with Gasteiger partial charge in [-0.05, 0) is 56.5 Å². The van der Waals surface area contributed by atoms with Crippen molar-refractivity contribution >= 4 is 16.0 Å². The Hall–Kier alpha value is -2.45. The maximum Gasteiger partial charge on any atom is 0.241 e. The van der Waals surface area contributed by atoms with E-state index in [2.05, 4.69) is 20.3 Å². The Labute approximate surface area is 172 Å². The Bertz CT molecular complexity index is 982. The molecule has 0 heterocycles. The van der Waals surface area contributed by atoms with Crippen molar-refractivity contribution in [2.75, 3.05) is 7.05 Å². The number of hydrogen-bond acceptors (Lipinski definition) is 3. The number of guanidine groups is 1. The van der Waals surface area contributed by atoms with E-state index < -0.39 is 15.6 Å². The molecule has 2 aromatic rings. The molecule has 0 saturated carbocycles. The number of halogens is 1. The lowest BCUT2D eigenvalue weighted by Gasteiger charge is -2.22. The number of hydrogen-bond donors (Lipinski definition) is 3. The van der Waals surface area contributed by atoms with E-state index >= 15 is 0 Å². The molecule has 0 radical (unpaired) electrons. The average Bonchev–Trinajstić information content (AvgIpc) is 2.63. The molecule has 0 saturated heterocycles. The van der Waals surface area contributed by atoms with Crippen LogP contribution in [0.4, 0.5) is 4.39 Å². The van der Waals surface area contributed by atoms with E-state index in [1.807, 2.05) is 0 Å². The van der Waals surface area contributed by atoms with Crippen molar-refractivity contribution in [1.82, 2.24) is 15.4 Å². The largest absolute Gasteiger partial charge is 0.352 e. The van der Waals surface area contributed by atoms with Crippen molar-refractivity contribution in [2.45, 2.75) is 51.2 Å². The van der Waals surface area contributed by atoms with Crippen LogP contribution in [0.3, 0.4) is 0 Å². The summed E-state index contributed by atoms with van der Waals surface area (Å²) in [5.74, 6) is 0.279. The molecule has 29 heavy (non-hydrogen) atoms. The summed E-state index contributed by atoms with van der Waals surface area (Å²) in [4.78, 5) is 4.39. The summed E-state index contributed by atoms with van der Waals surface area (Å²) in [5, 5.41) is 6.28. The van der Waals surface area contributed by atoms with Gasteiger partial charge in [-0.3, -0.25) is 4.99 Å². The summed E-state index contributed by atoms with van der Waals surface area (Å²) >= 11 is 0. The number of rotatable bonds is 6. The molecule has 0 aliphatic carbocycles. The molecular weight excluding hydrogens is 391 g/mol. The first-order chi connectivity index (χ1) is 13.5. The zero-order valence-corrected chi connectivity index (χ0v) is 18.3. The molecule has 2 aromatic carbocycles. The van der Waals surface area contributed by atoms with Gasteiger partial charge in [0.15, 0.2) is 5.96 Å². The summed E-state index contributed by atoms with van der Waals surface area (Å²) in [7, 11) is -2.02. The van der Waals surface area contributed by atoms with Crippen molar-refractivity contribution in [3.05, 3.63) is 65.0 Å². The van der Waals surface area contributed by atoms with Crippen molar-refractivity contribution in [3.8, 4) is 0 Å². The van der Waals surface area contributed by atoms with E-state index in [1.165, 1.54) is 6.07 Å². The number of benzene rings is 2. The molecule has 0 fully saturated rings. The van der Waals surface area contributed by atoms with Gasteiger partial charge in [0.2, 0.25) is 10.0 Å². The first-order valence-corrected chi connectivity index (χ1v) is 10.8. The Balaban J connectivity index is 2.07. The first kappa shape index (κ1) is 22.8. The SMILES string of the molecule is CN=C(NCc1ccc(F)c(C)c1)NCc1ccccc1S(=O)(=O)NC(C)(C)C. The van der Waals surface area contributed by atoms with Gasteiger partial charge < -0.3 is 10.6 Å². The molecule has 0 spiro atoms. The third kappa shape index (κ3) is 6.83. The van der Waals surface area contributed by atoms with Crippen LogP contribution < -0.4 is 15.4 Å². The van der Waals surface area contributed by atoms with Crippen LogP contribution in [0, 0.1) is 12.7 Å². The predicted molar refractivity (Wildman–Crippen MR) is 115 cm³/mol. The minimum atomic E-state index is -3.65. The Morgan fingerprint density at radius 1 is 1.07 bits per heavy atom. The van der Waals surface area contributed by atoms with Crippen LogP contribution in [0.1, 0.15) is 37.5 Å². The zero-order valence-electron chi connectivity index (χ0n) is 17.5. The second kappa shape index (κ2) is 9.37. The van der Waals surface area contributed by atoms with Crippen molar-refractivity contribution in [2.24, 2.45) is 4.99 Å². The molecule has 0 bridgehead atoms. The lowest BCUT2D eigenvalue weighted by Crippen LogP contribution is -2.41. The van der Waals surface area contributed by atoms with Crippen LogP contribution in [0.2, 0.25) is 0 Å². The monoisotopic (exact) mass is 420 g/mol. The van der Waals surface area contributed by atoms with Gasteiger partial charge in [-0.1, -0.05) is 30.3 Å². The molecule has 0 aliphatic heterocycles. The van der Waals surface area contributed by atoms with Crippen LogP contribution in [0.5, 0.6) is 0 Å². The third-order valence-electron chi connectivity index (χ3n) is 4.05. The van der Waals surface area contributed by atoms with Gasteiger partial charge in [-0.2, -0.15) is 0 Å². The maximum atomic E-state index is 13.4. The Kier molecular flexibility index (Phi) is 7.37. The van der Waals surface area contributed by atoms with Gasteiger partial charge in [-0.25, -0.2) is 17.5 Å². The minimum absolute atomic E-state index is 0.229. The molecule has 0 unspecified atom stereocenters. The first-order valence-electron chi connectivity index (χ1n) is 9.33. The van der Waals surface area contributed by atoms with E-state index in [0.717, 1.165) is 5.56 Å². The predicted octanol–water partition coefficient (Wildman–Crippen LogP) is 3.08. The summed E-state index contributed by atoms with van der Waals surface area (Å²) in [6.45, 7) is 7.86. The molecule has 158 valence electrons. The standard InChI is InChI=1S/C21H29FN4O2S/c1-15-12-16(10-11-18(15)22)13-24-20(23-5)25-14-17-8-6-7-9-19(17)29(27,28)26-21(2,3)4/h6-12,26H,13-14H2,1-5H3,(H2,23,24,25). The fourth-order valence-electron chi connectivity index (χ4n) is 2.77. The van der Waals surface area contributed by atoms with Gasteiger partial charge in [0.05, 0.1) is 4.90 Å². The van der Waals surface area contributed by atoms with Crippen LogP contribution in [-0.4, -0.2) is 27.0 Å². The van der Waals surface area contributed by atoms with Gasteiger partial charge >= 0.3 is 0 Å². The highest BCUT2D eigenvalue weighted by atomic mass is 32.2. The van der Waals surface area contributed by atoms with Gasteiger partial charge in [0.25, 0.3) is 0 Å². The summed E-state index contributed by atoms with van der Waals surface area (Å²) in [6.07, 6.45) is 0. The van der Waals surface area contributed by atoms with Gasteiger partial charge in [0.1, 0.15) is 5.82 Å². The van der Waals surface area contributed by atoms with Crippen LogP contribution in [0.25, 0.3) is 0 Å². The number of aliphatic imine (C=N–C) groups is 1. The van der Waals surface area contributed by atoms with E-state index in [-0.39, 0.29) is 17.3 Å². The maximum absolute atomic E-state index is 13.4. The van der Waals surface area contributed by atoms with E-state index in [1.54, 1.807) is 71.1 Å². The Morgan fingerprint density at radius 2 is 1.72 bits per heavy atom. The lowest BCUT2D eigenvalue weighted by atomic mass is 10.1. The van der Waals surface area contributed by atoms with Crippen molar-refractivity contribution < 1.29 is 12.8 Å². The number of aryl methyl sites for hydroxylation is 1. The second-order valence-electron chi connectivity index (χ2n) is 7.83. The number of nitrogens with one attached hydrogen (secondary N) is 3. The minimum Gasteiger partial charge on any atom is -0.352 e. The van der Waals surface area contributed by atoms with Crippen LogP contribution in [0.15, 0.2) is 52.4 Å². The summed E-state index contributed by atoms with van der Waals surface area (Å²) in [6, 6.07) is 11.8. The Morgan fingerprint density at radius 3 is 2.34 bits per heavy atom. The molecule has 0 aromatic heterocycles. The van der Waals surface area contributed by atoms with Gasteiger partial charge in [-0.15, -0.1) is 0 Å². The fraction of sp³-hybridized carbons (Fsp3) is 0.381. The van der Waals surface area contributed by atoms with Crippen LogP contribution >= 0.6 is 0 Å². The molecular formula is C21H29FN4O2S. The molecule has 0 atom stereocenters. The summed E-state index contributed by atoms with van der Waals surface area (Å²) < 4.78 is 41.6. The molecule has 2 rings (SSSR count). The second-order valence-corrected chi connectivity index (χ2v) is 9.48. The smallest absolute Gasteiger partial charge is 0.241 e. The molecule has 8 heteroatoms. The van der Waals surface area contributed by atoms with Crippen molar-refractivity contribution in [1.29, 1.82) is 0 Å². The van der Waals surface area contributed by atoms with E-state index in [9.17, 15) is 12.8 Å². The molecule has 0 aliphatic rings. The highest BCUT2D eigenvalue weighted by Gasteiger charge is 2.24. The molecule has 3 N–H and O–H groups in total. The molecule has 0 amide bonds. The average molecular weight is 421 g/mol. The van der Waals surface area contributed by atoms with Crippen LogP contribution in [-0.2, 0) is 23.1 Å². The highest BCUT2D eigenvalue weighted by molar-refractivity contribution is 7.89. The fourth-order valence-corrected chi connectivity index (χ4v) is 4.43. The quantitative estimate of drug-likeness (QED) is 0.495. The number of sulfonamides is 1.